The number of hydrogen-bond donors (Lipinski definition) is 1. The molecule has 0 saturated heterocycles. The molecule has 0 bridgehead atoms. The Morgan fingerprint density at radius 1 is 1.09 bits per heavy atom. The van der Waals surface area contributed by atoms with Crippen molar-refractivity contribution in [1.29, 1.82) is 0 Å². The number of methoxy groups -OCH3 is 1. The minimum atomic E-state index is -0.285. The van der Waals surface area contributed by atoms with E-state index in [2.05, 4.69) is 11.1 Å². The van der Waals surface area contributed by atoms with E-state index in [1.807, 2.05) is 12.3 Å². The monoisotopic (exact) mass is 295 g/mol. The van der Waals surface area contributed by atoms with Crippen molar-refractivity contribution in [3.05, 3.63) is 30.0 Å². The van der Waals surface area contributed by atoms with Gasteiger partial charge in [0.15, 0.2) is 11.5 Å². The number of rotatable bonds is 2. The predicted molar refractivity (Wildman–Crippen MR) is 89.7 cm³/mol. The van der Waals surface area contributed by atoms with Gasteiger partial charge in [-0.25, -0.2) is 0 Å². The summed E-state index contributed by atoms with van der Waals surface area (Å²) in [4.78, 5) is 4.50. The van der Waals surface area contributed by atoms with Crippen LogP contribution in [0.4, 0.5) is 0 Å². The van der Waals surface area contributed by atoms with Gasteiger partial charge in [-0.2, -0.15) is 0 Å². The zero-order valence-electron chi connectivity index (χ0n) is 13.1. The smallest absolute Gasteiger partial charge is 0.161 e. The van der Waals surface area contributed by atoms with Gasteiger partial charge in [0.1, 0.15) is 0 Å². The molecule has 1 aromatic heterocycles. The van der Waals surface area contributed by atoms with Crippen LogP contribution in [-0.2, 0) is 5.31 Å². The summed E-state index contributed by atoms with van der Waals surface area (Å²) in [5.74, 6) is 0.582. The minimum Gasteiger partial charge on any atom is -0.504 e. The molecule has 1 saturated carbocycles. The van der Waals surface area contributed by atoms with Crippen LogP contribution in [0.5, 0.6) is 11.5 Å². The van der Waals surface area contributed by atoms with Crippen molar-refractivity contribution in [1.82, 2.24) is 4.98 Å². The summed E-state index contributed by atoms with van der Waals surface area (Å²) in [5.41, 5.74) is 1.85. The second-order valence-corrected chi connectivity index (χ2v) is 6.36. The van der Waals surface area contributed by atoms with E-state index >= 15 is 0 Å². The number of pyridine rings is 1. The SMILES string of the molecule is [B]C1(c2cnc3cc(O)c(OC)cc3c2)CCCCCCC1. The molecule has 0 aliphatic heterocycles. The van der Waals surface area contributed by atoms with Crippen LogP contribution in [-0.4, -0.2) is 25.0 Å². The lowest BCUT2D eigenvalue weighted by Crippen LogP contribution is -2.27. The lowest BCUT2D eigenvalue weighted by Gasteiger charge is -2.32. The molecule has 1 heterocycles. The first-order valence-electron chi connectivity index (χ1n) is 8.08. The number of phenolic OH excluding ortho intramolecular Hbond substituents is 1. The first-order chi connectivity index (χ1) is 10.6. The minimum absolute atomic E-state index is 0.115. The molecule has 1 aromatic carbocycles. The van der Waals surface area contributed by atoms with Crippen molar-refractivity contribution in [2.45, 2.75) is 50.3 Å². The van der Waals surface area contributed by atoms with Gasteiger partial charge in [-0.05, 0) is 23.0 Å². The van der Waals surface area contributed by atoms with Crippen LogP contribution in [0.15, 0.2) is 24.4 Å². The van der Waals surface area contributed by atoms with Gasteiger partial charge in [0.25, 0.3) is 0 Å². The van der Waals surface area contributed by atoms with Gasteiger partial charge >= 0.3 is 0 Å². The van der Waals surface area contributed by atoms with E-state index in [4.69, 9.17) is 12.6 Å². The molecule has 0 amide bonds. The number of ether oxygens (including phenoxy) is 1. The maximum Gasteiger partial charge on any atom is 0.161 e. The quantitative estimate of drug-likeness (QED) is 0.850. The third-order valence-electron chi connectivity index (χ3n) is 4.80. The van der Waals surface area contributed by atoms with E-state index in [0.717, 1.165) is 29.3 Å². The standard InChI is InChI=1S/C18H22BNO2/c1-22-17-10-13-9-14(12-20-15(13)11-16(17)21)18(19)7-5-3-2-4-6-8-18/h9-12,21H,2-8H2,1H3. The molecule has 1 aliphatic rings. The largest absolute Gasteiger partial charge is 0.504 e. The van der Waals surface area contributed by atoms with Gasteiger partial charge in [0.2, 0.25) is 0 Å². The molecule has 1 N–H and O–H groups in total. The van der Waals surface area contributed by atoms with Crippen molar-refractivity contribution in [3.63, 3.8) is 0 Å². The van der Waals surface area contributed by atoms with E-state index < -0.39 is 0 Å². The molecular formula is C18H22BNO2. The maximum absolute atomic E-state index is 9.86. The van der Waals surface area contributed by atoms with Crippen LogP contribution in [0.3, 0.4) is 0 Å². The highest BCUT2D eigenvalue weighted by Crippen LogP contribution is 2.37. The third kappa shape index (κ3) is 2.92. The molecule has 2 radical (unpaired) electrons. The zero-order chi connectivity index (χ0) is 15.6. The molecule has 0 unspecified atom stereocenters. The average molecular weight is 295 g/mol. The topological polar surface area (TPSA) is 42.4 Å². The van der Waals surface area contributed by atoms with E-state index in [1.54, 1.807) is 13.2 Å². The van der Waals surface area contributed by atoms with E-state index in [1.165, 1.54) is 32.1 Å². The second-order valence-electron chi connectivity index (χ2n) is 6.36. The fraction of sp³-hybridized carbons (Fsp3) is 0.500. The number of phenols is 1. The molecule has 3 rings (SSSR count). The molecule has 1 fully saturated rings. The van der Waals surface area contributed by atoms with Crippen LogP contribution in [0.25, 0.3) is 10.9 Å². The molecule has 22 heavy (non-hydrogen) atoms. The molecule has 0 spiro atoms. The molecule has 3 nitrogen and oxygen atoms in total. The van der Waals surface area contributed by atoms with Crippen molar-refractivity contribution in [2.75, 3.05) is 7.11 Å². The van der Waals surface area contributed by atoms with Crippen LogP contribution in [0.2, 0.25) is 0 Å². The molecule has 2 aromatic rings. The Labute approximate surface area is 133 Å². The summed E-state index contributed by atoms with van der Waals surface area (Å²) < 4.78 is 5.19. The fourth-order valence-electron chi connectivity index (χ4n) is 3.41. The van der Waals surface area contributed by atoms with Crippen LogP contribution >= 0.6 is 0 Å². The Morgan fingerprint density at radius 2 is 1.77 bits per heavy atom. The molecule has 0 atom stereocenters. The number of nitrogens with zero attached hydrogens (tertiary/aromatic N) is 1. The van der Waals surface area contributed by atoms with E-state index in [0.29, 0.717) is 5.75 Å². The summed E-state index contributed by atoms with van der Waals surface area (Å²) in [6, 6.07) is 5.57. The van der Waals surface area contributed by atoms with Crippen molar-refractivity contribution < 1.29 is 9.84 Å². The van der Waals surface area contributed by atoms with Gasteiger partial charge in [0, 0.05) is 17.6 Å². The van der Waals surface area contributed by atoms with Crippen molar-refractivity contribution in [2.24, 2.45) is 0 Å². The van der Waals surface area contributed by atoms with Gasteiger partial charge in [-0.15, -0.1) is 0 Å². The normalized spacial score (nSPS) is 18.6. The lowest BCUT2D eigenvalue weighted by molar-refractivity contribution is 0.374. The summed E-state index contributed by atoms with van der Waals surface area (Å²) in [6.07, 6.45) is 10.1. The second kappa shape index (κ2) is 6.19. The number of benzene rings is 1. The maximum atomic E-state index is 9.86. The number of aromatic hydroxyl groups is 1. The summed E-state index contributed by atoms with van der Waals surface area (Å²) >= 11 is 0. The van der Waals surface area contributed by atoms with Crippen LogP contribution in [0.1, 0.15) is 50.5 Å². The van der Waals surface area contributed by atoms with Gasteiger partial charge < -0.3 is 9.84 Å². The number of hydrogen-bond acceptors (Lipinski definition) is 3. The van der Waals surface area contributed by atoms with Crippen LogP contribution < -0.4 is 4.74 Å². The Morgan fingerprint density at radius 3 is 2.45 bits per heavy atom. The highest BCUT2D eigenvalue weighted by Gasteiger charge is 2.27. The van der Waals surface area contributed by atoms with E-state index in [-0.39, 0.29) is 11.1 Å². The predicted octanol–water partition coefficient (Wildman–Crippen LogP) is 4.06. The zero-order valence-corrected chi connectivity index (χ0v) is 13.1. The molecule has 1 aliphatic carbocycles. The number of aromatic nitrogens is 1. The first kappa shape index (κ1) is 15.2. The summed E-state index contributed by atoms with van der Waals surface area (Å²) in [5, 5.41) is 10.5. The number of fused-ring (bicyclic) bond motifs is 1. The van der Waals surface area contributed by atoms with Gasteiger partial charge in [-0.1, -0.05) is 44.9 Å². The van der Waals surface area contributed by atoms with Crippen molar-refractivity contribution >= 4 is 18.7 Å². The molecule has 114 valence electrons. The van der Waals surface area contributed by atoms with E-state index in [9.17, 15) is 5.11 Å². The highest BCUT2D eigenvalue weighted by atomic mass is 16.5. The van der Waals surface area contributed by atoms with Crippen LogP contribution in [0, 0.1) is 0 Å². The Bertz CT molecular complexity index is 663. The Hall–Kier alpha value is -1.71. The average Bonchev–Trinajstić information content (AvgIpc) is 2.50. The fourth-order valence-corrected chi connectivity index (χ4v) is 3.41. The highest BCUT2D eigenvalue weighted by molar-refractivity contribution is 6.16. The van der Waals surface area contributed by atoms with Gasteiger partial charge in [0.05, 0.1) is 20.5 Å². The van der Waals surface area contributed by atoms with Crippen molar-refractivity contribution in [3.8, 4) is 11.5 Å². The Kier molecular flexibility index (Phi) is 4.28. The molecular weight excluding hydrogens is 273 g/mol. The summed E-state index contributed by atoms with van der Waals surface area (Å²) in [6.45, 7) is 0. The molecule has 4 heteroatoms. The lowest BCUT2D eigenvalue weighted by atomic mass is 9.58. The van der Waals surface area contributed by atoms with Gasteiger partial charge in [-0.3, -0.25) is 4.98 Å². The third-order valence-corrected chi connectivity index (χ3v) is 4.80. The first-order valence-corrected chi connectivity index (χ1v) is 8.08. The Balaban J connectivity index is 2.00. The summed E-state index contributed by atoms with van der Waals surface area (Å²) in [7, 11) is 8.27.